The van der Waals surface area contributed by atoms with E-state index in [1.807, 2.05) is 0 Å². The summed E-state index contributed by atoms with van der Waals surface area (Å²) < 4.78 is 4.65. The Bertz CT molecular complexity index is 292. The molecule has 0 fully saturated rings. The minimum absolute atomic E-state index is 0.0140. The van der Waals surface area contributed by atoms with E-state index in [9.17, 15) is 9.59 Å². The van der Waals surface area contributed by atoms with E-state index in [1.165, 1.54) is 0 Å². The lowest BCUT2D eigenvalue weighted by molar-refractivity contribution is -0.251. The van der Waals surface area contributed by atoms with E-state index in [1.54, 1.807) is 0 Å². The molecule has 0 aromatic heterocycles. The molecule has 76 valence electrons. The van der Waals surface area contributed by atoms with Gasteiger partial charge in [-0.3, -0.25) is 0 Å². The zero-order chi connectivity index (χ0) is 10.6. The van der Waals surface area contributed by atoms with Crippen LogP contribution in [0.5, 0.6) is 0 Å². The molecule has 0 aliphatic carbocycles. The molecule has 1 heterocycles. The van der Waals surface area contributed by atoms with Gasteiger partial charge < -0.3 is 9.84 Å². The first-order chi connectivity index (χ1) is 6.65. The number of hydrogen-bond acceptors (Lipinski definition) is 6. The zero-order valence-electron chi connectivity index (χ0n) is 7.13. The van der Waals surface area contributed by atoms with Gasteiger partial charge in [0.25, 0.3) is 0 Å². The SMILES string of the molecule is C=CC(=O)OOC(=O)C1=COCC1O. The molecule has 0 radical (unpaired) electrons. The maximum atomic E-state index is 11.0. The molecule has 1 atom stereocenters. The van der Waals surface area contributed by atoms with E-state index in [0.29, 0.717) is 0 Å². The third-order valence-electron chi connectivity index (χ3n) is 1.43. The molecular formula is C8H8O6. The molecule has 1 aliphatic heterocycles. The Morgan fingerprint density at radius 2 is 2.36 bits per heavy atom. The lowest BCUT2D eigenvalue weighted by Crippen LogP contribution is -2.20. The van der Waals surface area contributed by atoms with Crippen molar-refractivity contribution in [1.82, 2.24) is 0 Å². The largest absolute Gasteiger partial charge is 0.497 e. The van der Waals surface area contributed by atoms with Crippen LogP contribution in [-0.4, -0.2) is 29.8 Å². The van der Waals surface area contributed by atoms with Crippen molar-refractivity contribution in [2.75, 3.05) is 6.61 Å². The van der Waals surface area contributed by atoms with E-state index >= 15 is 0 Å². The van der Waals surface area contributed by atoms with Gasteiger partial charge in [-0.1, -0.05) is 6.58 Å². The molecule has 0 aromatic carbocycles. The second kappa shape index (κ2) is 4.43. The van der Waals surface area contributed by atoms with E-state index in [2.05, 4.69) is 21.1 Å². The number of hydrogen-bond donors (Lipinski definition) is 1. The monoisotopic (exact) mass is 200 g/mol. The fraction of sp³-hybridized carbons (Fsp3) is 0.250. The van der Waals surface area contributed by atoms with Gasteiger partial charge in [0.15, 0.2) is 0 Å². The summed E-state index contributed by atoms with van der Waals surface area (Å²) in [6, 6.07) is 0. The van der Waals surface area contributed by atoms with Crippen molar-refractivity contribution in [2.45, 2.75) is 6.10 Å². The van der Waals surface area contributed by atoms with Gasteiger partial charge in [0.05, 0.1) is 6.26 Å². The van der Waals surface area contributed by atoms with Crippen molar-refractivity contribution in [3.8, 4) is 0 Å². The van der Waals surface area contributed by atoms with Gasteiger partial charge in [-0.05, 0) is 0 Å². The summed E-state index contributed by atoms with van der Waals surface area (Å²) >= 11 is 0. The molecule has 0 amide bonds. The van der Waals surface area contributed by atoms with Crippen LogP contribution in [0, 0.1) is 0 Å². The minimum Gasteiger partial charge on any atom is -0.497 e. The van der Waals surface area contributed by atoms with Crippen LogP contribution in [0.15, 0.2) is 24.5 Å². The second-order valence-electron chi connectivity index (χ2n) is 2.40. The summed E-state index contributed by atoms with van der Waals surface area (Å²) in [4.78, 5) is 29.6. The number of carbonyl (C=O) groups is 2. The first-order valence-corrected chi connectivity index (χ1v) is 3.70. The van der Waals surface area contributed by atoms with E-state index in [4.69, 9.17) is 5.11 Å². The van der Waals surface area contributed by atoms with Crippen LogP contribution < -0.4 is 0 Å². The van der Waals surface area contributed by atoms with Crippen LogP contribution >= 0.6 is 0 Å². The van der Waals surface area contributed by atoms with E-state index < -0.39 is 18.0 Å². The number of carbonyl (C=O) groups excluding carboxylic acids is 2. The molecular weight excluding hydrogens is 192 g/mol. The average molecular weight is 200 g/mol. The molecule has 14 heavy (non-hydrogen) atoms. The Morgan fingerprint density at radius 3 is 2.86 bits per heavy atom. The summed E-state index contributed by atoms with van der Waals surface area (Å²) in [5.41, 5.74) is -0.0955. The fourth-order valence-corrected chi connectivity index (χ4v) is 0.743. The van der Waals surface area contributed by atoms with Crippen molar-refractivity contribution in [1.29, 1.82) is 0 Å². The Balaban J connectivity index is 2.42. The standard InChI is InChI=1S/C8H8O6/c1-2-7(10)13-14-8(11)5-3-12-4-6(5)9/h2-3,6,9H,1,4H2. The number of aliphatic hydroxyl groups is 1. The van der Waals surface area contributed by atoms with Crippen LogP contribution in [0.25, 0.3) is 0 Å². The van der Waals surface area contributed by atoms with E-state index in [-0.39, 0.29) is 12.2 Å². The van der Waals surface area contributed by atoms with Crippen molar-refractivity contribution in [3.63, 3.8) is 0 Å². The van der Waals surface area contributed by atoms with Gasteiger partial charge in [-0.2, -0.15) is 0 Å². The highest BCUT2D eigenvalue weighted by Crippen LogP contribution is 2.12. The number of aliphatic hydroxyl groups excluding tert-OH is 1. The van der Waals surface area contributed by atoms with Gasteiger partial charge in [-0.25, -0.2) is 19.4 Å². The Hall–Kier alpha value is -1.82. The van der Waals surface area contributed by atoms with Crippen molar-refractivity contribution < 1.29 is 29.2 Å². The first-order valence-electron chi connectivity index (χ1n) is 3.70. The molecule has 1 aliphatic rings. The molecule has 6 nitrogen and oxygen atoms in total. The lowest BCUT2D eigenvalue weighted by atomic mass is 10.2. The van der Waals surface area contributed by atoms with Gasteiger partial charge in [0.1, 0.15) is 18.3 Å². The highest BCUT2D eigenvalue weighted by atomic mass is 17.2. The van der Waals surface area contributed by atoms with Gasteiger partial charge in [-0.15, -0.1) is 0 Å². The third-order valence-corrected chi connectivity index (χ3v) is 1.43. The maximum Gasteiger partial charge on any atom is 0.388 e. The van der Waals surface area contributed by atoms with Crippen LogP contribution in [0.4, 0.5) is 0 Å². The fourth-order valence-electron chi connectivity index (χ4n) is 0.743. The normalized spacial score (nSPS) is 19.2. The van der Waals surface area contributed by atoms with Crippen molar-refractivity contribution in [3.05, 3.63) is 24.5 Å². The summed E-state index contributed by atoms with van der Waals surface area (Å²) in [6.07, 6.45) is 0.836. The lowest BCUT2D eigenvalue weighted by Gasteiger charge is -2.03. The molecule has 0 saturated carbocycles. The van der Waals surface area contributed by atoms with Gasteiger partial charge in [0, 0.05) is 6.08 Å². The third kappa shape index (κ3) is 2.33. The van der Waals surface area contributed by atoms with Gasteiger partial charge >= 0.3 is 11.9 Å². The number of rotatable bonds is 2. The first kappa shape index (κ1) is 10.3. The number of ether oxygens (including phenoxy) is 1. The Morgan fingerprint density at radius 1 is 1.64 bits per heavy atom. The quantitative estimate of drug-likeness (QED) is 0.366. The molecule has 0 bridgehead atoms. The Labute approximate surface area is 79.3 Å². The summed E-state index contributed by atoms with van der Waals surface area (Å²) in [6.45, 7) is 3.08. The molecule has 1 unspecified atom stereocenters. The van der Waals surface area contributed by atoms with Crippen LogP contribution in [-0.2, 0) is 24.1 Å². The van der Waals surface area contributed by atoms with Crippen LogP contribution in [0.3, 0.4) is 0 Å². The van der Waals surface area contributed by atoms with Crippen molar-refractivity contribution in [2.24, 2.45) is 0 Å². The molecule has 0 aromatic rings. The molecule has 0 spiro atoms. The molecule has 0 saturated heterocycles. The molecule has 1 rings (SSSR count). The maximum absolute atomic E-state index is 11.0. The van der Waals surface area contributed by atoms with Crippen LogP contribution in [0.1, 0.15) is 0 Å². The second-order valence-corrected chi connectivity index (χ2v) is 2.40. The minimum atomic E-state index is -1.05. The summed E-state index contributed by atoms with van der Waals surface area (Å²) in [5.74, 6) is -1.86. The van der Waals surface area contributed by atoms with Gasteiger partial charge in [0.2, 0.25) is 0 Å². The topological polar surface area (TPSA) is 82.1 Å². The predicted octanol–water partition coefficient (Wildman–Crippen LogP) is -0.551. The van der Waals surface area contributed by atoms with E-state index in [0.717, 1.165) is 12.3 Å². The zero-order valence-corrected chi connectivity index (χ0v) is 7.13. The van der Waals surface area contributed by atoms with Crippen LogP contribution in [0.2, 0.25) is 0 Å². The average Bonchev–Trinajstić information content (AvgIpc) is 2.60. The molecule has 1 N–H and O–H groups in total. The summed E-state index contributed by atoms with van der Waals surface area (Å²) in [7, 11) is 0. The van der Waals surface area contributed by atoms with Crippen molar-refractivity contribution >= 4 is 11.9 Å². The molecule has 6 heteroatoms. The summed E-state index contributed by atoms with van der Waals surface area (Å²) in [5, 5.41) is 9.13. The predicted molar refractivity (Wildman–Crippen MR) is 42.4 cm³/mol. The highest BCUT2D eigenvalue weighted by Gasteiger charge is 2.27. The highest BCUT2D eigenvalue weighted by molar-refractivity contribution is 5.90. The Kier molecular flexibility index (Phi) is 3.24. The smallest absolute Gasteiger partial charge is 0.388 e.